The van der Waals surface area contributed by atoms with Crippen molar-refractivity contribution in [1.29, 1.82) is 5.26 Å². The summed E-state index contributed by atoms with van der Waals surface area (Å²) < 4.78 is 0. The minimum atomic E-state index is -0.357. The Morgan fingerprint density at radius 1 is 1.44 bits per heavy atom. The predicted octanol–water partition coefficient (Wildman–Crippen LogP) is 1.29. The van der Waals surface area contributed by atoms with Crippen molar-refractivity contribution in [2.75, 3.05) is 39.8 Å². The van der Waals surface area contributed by atoms with Crippen LogP contribution in [0.25, 0.3) is 0 Å². The van der Waals surface area contributed by atoms with E-state index in [1.165, 1.54) is 0 Å². The van der Waals surface area contributed by atoms with Gasteiger partial charge in [-0.05, 0) is 46.8 Å². The summed E-state index contributed by atoms with van der Waals surface area (Å²) in [4.78, 5) is 4.93. The fraction of sp³-hybridized carbons (Fsp3) is 0.929. The topological polar surface area (TPSA) is 42.3 Å². The Bertz CT molecular complexity index is 286. The normalized spacial score (nSPS) is 25.6. The lowest BCUT2D eigenvalue weighted by Crippen LogP contribution is -2.51. The number of nitrogens with one attached hydrogen (secondary N) is 1. The van der Waals surface area contributed by atoms with Crippen LogP contribution in [-0.2, 0) is 0 Å². The second-order valence-corrected chi connectivity index (χ2v) is 5.73. The Hall–Kier alpha value is -0.630. The zero-order valence-electron chi connectivity index (χ0n) is 12.4. The van der Waals surface area contributed by atoms with Crippen LogP contribution in [0, 0.1) is 11.3 Å². The Kier molecular flexibility index (Phi) is 6.07. The summed E-state index contributed by atoms with van der Waals surface area (Å²) in [5, 5.41) is 12.5. The van der Waals surface area contributed by atoms with Gasteiger partial charge in [-0.1, -0.05) is 6.92 Å². The zero-order chi connectivity index (χ0) is 13.6. The largest absolute Gasteiger partial charge is 0.304 e. The maximum absolute atomic E-state index is 9.21. The standard InChI is InChI=1S/C14H28N4/c1-5-16-14(3,12-15)7-6-8-18-10-9-17(4)11-13(18)2/h13,16H,5-11H2,1-4H3. The molecule has 1 heterocycles. The van der Waals surface area contributed by atoms with Crippen LogP contribution in [-0.4, -0.2) is 61.2 Å². The van der Waals surface area contributed by atoms with Crippen molar-refractivity contribution >= 4 is 0 Å². The summed E-state index contributed by atoms with van der Waals surface area (Å²) in [6.07, 6.45) is 2.02. The molecule has 0 aromatic rings. The maximum atomic E-state index is 9.21. The van der Waals surface area contributed by atoms with Gasteiger partial charge < -0.3 is 4.90 Å². The van der Waals surface area contributed by atoms with Crippen molar-refractivity contribution in [3.05, 3.63) is 0 Å². The molecule has 0 aromatic heterocycles. The molecular weight excluding hydrogens is 224 g/mol. The number of hydrogen-bond donors (Lipinski definition) is 1. The van der Waals surface area contributed by atoms with Crippen molar-refractivity contribution < 1.29 is 0 Å². The van der Waals surface area contributed by atoms with Gasteiger partial charge in [0, 0.05) is 25.7 Å². The lowest BCUT2D eigenvalue weighted by Gasteiger charge is -2.38. The number of likely N-dealkylation sites (N-methyl/N-ethyl adjacent to an activating group) is 1. The number of piperazine rings is 1. The van der Waals surface area contributed by atoms with E-state index < -0.39 is 0 Å². The summed E-state index contributed by atoms with van der Waals surface area (Å²) in [6.45, 7) is 11.8. The van der Waals surface area contributed by atoms with Crippen LogP contribution in [0.2, 0.25) is 0 Å². The lowest BCUT2D eigenvalue weighted by molar-refractivity contribution is 0.0970. The average Bonchev–Trinajstić information content (AvgIpc) is 2.32. The highest BCUT2D eigenvalue weighted by molar-refractivity contribution is 5.03. The van der Waals surface area contributed by atoms with E-state index in [-0.39, 0.29) is 5.54 Å². The van der Waals surface area contributed by atoms with Crippen LogP contribution < -0.4 is 5.32 Å². The van der Waals surface area contributed by atoms with Gasteiger partial charge in [0.25, 0.3) is 0 Å². The number of rotatable bonds is 6. The van der Waals surface area contributed by atoms with E-state index in [0.29, 0.717) is 6.04 Å². The lowest BCUT2D eigenvalue weighted by atomic mass is 9.97. The molecule has 18 heavy (non-hydrogen) atoms. The molecule has 0 aliphatic carbocycles. The Balaban J connectivity index is 2.31. The van der Waals surface area contributed by atoms with Crippen LogP contribution in [0.4, 0.5) is 0 Å². The second kappa shape index (κ2) is 7.08. The molecule has 0 spiro atoms. The minimum Gasteiger partial charge on any atom is -0.304 e. The molecule has 0 radical (unpaired) electrons. The molecule has 2 atom stereocenters. The van der Waals surface area contributed by atoms with Crippen molar-refractivity contribution in [3.8, 4) is 6.07 Å². The monoisotopic (exact) mass is 252 g/mol. The molecule has 1 fully saturated rings. The van der Waals surface area contributed by atoms with Gasteiger partial charge in [0.2, 0.25) is 0 Å². The van der Waals surface area contributed by atoms with E-state index in [9.17, 15) is 5.26 Å². The molecule has 1 saturated heterocycles. The van der Waals surface area contributed by atoms with Gasteiger partial charge in [-0.15, -0.1) is 0 Å². The van der Waals surface area contributed by atoms with Crippen LogP contribution >= 0.6 is 0 Å². The van der Waals surface area contributed by atoms with Crippen molar-refractivity contribution in [2.45, 2.75) is 45.2 Å². The van der Waals surface area contributed by atoms with E-state index in [4.69, 9.17) is 0 Å². The van der Waals surface area contributed by atoms with Gasteiger partial charge in [0.05, 0.1) is 6.07 Å². The molecule has 0 aromatic carbocycles. The Labute approximate surface area is 112 Å². The Morgan fingerprint density at radius 2 is 2.17 bits per heavy atom. The van der Waals surface area contributed by atoms with E-state index in [0.717, 1.165) is 45.6 Å². The fourth-order valence-electron chi connectivity index (χ4n) is 2.72. The summed E-state index contributed by atoms with van der Waals surface area (Å²) in [6, 6.07) is 3.03. The molecule has 104 valence electrons. The second-order valence-electron chi connectivity index (χ2n) is 5.73. The number of nitrogens with zero attached hydrogens (tertiary/aromatic N) is 3. The van der Waals surface area contributed by atoms with E-state index in [1.54, 1.807) is 0 Å². The van der Waals surface area contributed by atoms with Crippen LogP contribution in [0.5, 0.6) is 0 Å². The molecule has 0 bridgehead atoms. The molecule has 1 aliphatic heterocycles. The van der Waals surface area contributed by atoms with Crippen molar-refractivity contribution in [2.24, 2.45) is 0 Å². The van der Waals surface area contributed by atoms with Gasteiger partial charge in [-0.3, -0.25) is 10.2 Å². The molecule has 1 rings (SSSR count). The molecule has 4 heteroatoms. The summed E-state index contributed by atoms with van der Waals surface area (Å²) in [5.74, 6) is 0. The summed E-state index contributed by atoms with van der Waals surface area (Å²) >= 11 is 0. The molecule has 0 saturated carbocycles. The predicted molar refractivity (Wildman–Crippen MR) is 75.5 cm³/mol. The van der Waals surface area contributed by atoms with Gasteiger partial charge in [-0.25, -0.2) is 0 Å². The molecule has 0 amide bonds. The van der Waals surface area contributed by atoms with E-state index in [2.05, 4.69) is 42.1 Å². The van der Waals surface area contributed by atoms with Crippen LogP contribution in [0.1, 0.15) is 33.6 Å². The first-order valence-corrected chi connectivity index (χ1v) is 7.09. The molecule has 1 N–H and O–H groups in total. The fourth-order valence-corrected chi connectivity index (χ4v) is 2.72. The van der Waals surface area contributed by atoms with Gasteiger partial charge in [0.15, 0.2) is 0 Å². The zero-order valence-corrected chi connectivity index (χ0v) is 12.4. The number of hydrogen-bond acceptors (Lipinski definition) is 4. The first kappa shape index (κ1) is 15.4. The third-order valence-corrected chi connectivity index (χ3v) is 3.90. The molecule has 1 aliphatic rings. The van der Waals surface area contributed by atoms with Crippen molar-refractivity contribution in [3.63, 3.8) is 0 Å². The molecule has 4 nitrogen and oxygen atoms in total. The summed E-state index contributed by atoms with van der Waals surface area (Å²) in [5.41, 5.74) is -0.357. The summed E-state index contributed by atoms with van der Waals surface area (Å²) in [7, 11) is 2.19. The quantitative estimate of drug-likeness (QED) is 0.773. The van der Waals surface area contributed by atoms with Gasteiger partial charge in [0.1, 0.15) is 5.54 Å². The van der Waals surface area contributed by atoms with Crippen LogP contribution in [0.15, 0.2) is 0 Å². The molecular formula is C14H28N4. The molecule has 2 unspecified atom stereocenters. The van der Waals surface area contributed by atoms with E-state index in [1.807, 2.05) is 6.92 Å². The third kappa shape index (κ3) is 4.56. The highest BCUT2D eigenvalue weighted by Crippen LogP contribution is 2.14. The number of nitriles is 1. The van der Waals surface area contributed by atoms with Crippen LogP contribution in [0.3, 0.4) is 0 Å². The van der Waals surface area contributed by atoms with Crippen molar-refractivity contribution in [1.82, 2.24) is 15.1 Å². The smallest absolute Gasteiger partial charge is 0.103 e. The highest BCUT2D eigenvalue weighted by atomic mass is 15.3. The maximum Gasteiger partial charge on any atom is 0.103 e. The average molecular weight is 252 g/mol. The van der Waals surface area contributed by atoms with E-state index >= 15 is 0 Å². The van der Waals surface area contributed by atoms with Gasteiger partial charge in [-0.2, -0.15) is 5.26 Å². The first-order valence-electron chi connectivity index (χ1n) is 7.09. The third-order valence-electron chi connectivity index (χ3n) is 3.90. The SMILES string of the molecule is CCNC(C)(C#N)CCCN1CCN(C)CC1C. The Morgan fingerprint density at radius 3 is 2.72 bits per heavy atom. The minimum absolute atomic E-state index is 0.357. The first-order chi connectivity index (χ1) is 8.50. The highest BCUT2D eigenvalue weighted by Gasteiger charge is 2.24. The van der Waals surface area contributed by atoms with Gasteiger partial charge >= 0.3 is 0 Å².